The summed E-state index contributed by atoms with van der Waals surface area (Å²) in [6.45, 7) is -0.408. The number of fused-ring (bicyclic) bond motifs is 1. The number of nitrogens with one attached hydrogen (secondary N) is 1. The first-order chi connectivity index (χ1) is 18.0. The van der Waals surface area contributed by atoms with Gasteiger partial charge in [-0.25, -0.2) is 4.52 Å². The van der Waals surface area contributed by atoms with E-state index in [4.69, 9.17) is 4.74 Å². The Kier molecular flexibility index (Phi) is 6.85. The fourth-order valence-corrected chi connectivity index (χ4v) is 4.69. The lowest BCUT2D eigenvalue weighted by Gasteiger charge is -2.37. The van der Waals surface area contributed by atoms with Crippen LogP contribution in [0.1, 0.15) is 22.4 Å². The molecule has 7 nitrogen and oxygen atoms in total. The Hall–Kier alpha value is -4.27. The van der Waals surface area contributed by atoms with Crippen LogP contribution in [-0.2, 0) is 12.0 Å². The van der Waals surface area contributed by atoms with Crippen LogP contribution < -0.4 is 10.1 Å². The Morgan fingerprint density at radius 1 is 0.892 bits per heavy atom. The quantitative estimate of drug-likeness (QED) is 0.264. The molecule has 0 amide bonds. The minimum Gasteiger partial charge on any atom is -0.497 e. The second kappa shape index (κ2) is 10.4. The Bertz CT molecular complexity index is 1430. The number of nitrogens with zero attached hydrogens (tertiary/aromatic N) is 3. The summed E-state index contributed by atoms with van der Waals surface area (Å²) in [7, 11) is 1.62. The first kappa shape index (κ1) is 24.4. The maximum atomic E-state index is 14.8. The minimum atomic E-state index is -0.987. The third-order valence-electron chi connectivity index (χ3n) is 6.46. The predicted molar refractivity (Wildman–Crippen MR) is 139 cm³/mol. The fraction of sp³-hybridized carbons (Fsp3) is 0.172. The molecule has 3 aromatic carbocycles. The highest BCUT2D eigenvalue weighted by Gasteiger charge is 2.37. The van der Waals surface area contributed by atoms with Crippen LogP contribution in [0.15, 0.2) is 97.1 Å². The zero-order valence-electron chi connectivity index (χ0n) is 20.3. The van der Waals surface area contributed by atoms with E-state index in [0.29, 0.717) is 17.0 Å². The topological polar surface area (TPSA) is 91.9 Å². The number of hydrogen-bond acceptors (Lipinski definition) is 6. The van der Waals surface area contributed by atoms with Crippen molar-refractivity contribution in [3.8, 4) is 5.75 Å². The molecule has 37 heavy (non-hydrogen) atoms. The molecule has 2 heterocycles. The van der Waals surface area contributed by atoms with Gasteiger partial charge in [0, 0.05) is 12.1 Å². The normalized spacial score (nSPS) is 12.4. The second-order valence-corrected chi connectivity index (χ2v) is 8.73. The van der Waals surface area contributed by atoms with Gasteiger partial charge in [-0.2, -0.15) is 9.37 Å². The van der Waals surface area contributed by atoms with Crippen LogP contribution in [0.25, 0.3) is 5.52 Å². The summed E-state index contributed by atoms with van der Waals surface area (Å²) < 4.78 is 21.7. The molecule has 5 rings (SSSR count). The lowest BCUT2D eigenvalue weighted by Crippen LogP contribution is -2.38. The molecular formula is C29H27FN4O3. The molecule has 3 N–H and O–H groups in total. The highest BCUT2D eigenvalue weighted by Crippen LogP contribution is 2.41. The molecular weight excluding hydrogens is 471 g/mol. The molecule has 0 fully saturated rings. The molecule has 0 spiro atoms. The van der Waals surface area contributed by atoms with Gasteiger partial charge in [0.1, 0.15) is 16.8 Å². The van der Waals surface area contributed by atoms with Gasteiger partial charge in [-0.3, -0.25) is 0 Å². The highest BCUT2D eigenvalue weighted by molar-refractivity contribution is 5.72. The van der Waals surface area contributed by atoms with E-state index in [1.165, 1.54) is 4.52 Å². The van der Waals surface area contributed by atoms with E-state index in [9.17, 15) is 14.6 Å². The smallest absolute Gasteiger partial charge is 0.327 e. The van der Waals surface area contributed by atoms with Crippen molar-refractivity contribution in [1.82, 2.24) is 14.6 Å². The molecule has 1 unspecified atom stereocenters. The number of halogens is 1. The van der Waals surface area contributed by atoms with Crippen molar-refractivity contribution >= 4 is 11.3 Å². The SMILES string of the molecule is COc1ccc(C(Nc2nc(F)nn3c(CC(O)CO)ccc23)(c2ccccc2)c2ccccc2)cc1. The molecule has 2 aromatic heterocycles. The van der Waals surface area contributed by atoms with Crippen LogP contribution in [0.3, 0.4) is 0 Å². The number of rotatable bonds is 9. The van der Waals surface area contributed by atoms with Crippen LogP contribution in [-0.4, -0.2) is 44.6 Å². The molecule has 0 saturated carbocycles. The number of aliphatic hydroxyl groups is 2. The average Bonchev–Trinajstić information content (AvgIpc) is 3.34. The third-order valence-corrected chi connectivity index (χ3v) is 6.46. The lowest BCUT2D eigenvalue weighted by atomic mass is 9.77. The van der Waals surface area contributed by atoms with E-state index in [-0.39, 0.29) is 12.2 Å². The standard InChI is InChI=1S/C29H27FN4O3/c1-37-25-15-12-22(13-16-25)29(20-8-4-2-5-9-20,21-10-6-3-7-11-21)32-27-26-17-14-23(18-24(36)19-35)34(26)33-28(30)31-27/h2-17,24,35-36H,18-19H2,1H3,(H,31,32,33). The van der Waals surface area contributed by atoms with Gasteiger partial charge in [0.15, 0.2) is 5.82 Å². The van der Waals surface area contributed by atoms with Crippen LogP contribution in [0.2, 0.25) is 0 Å². The van der Waals surface area contributed by atoms with Crippen molar-refractivity contribution in [2.45, 2.75) is 18.1 Å². The van der Waals surface area contributed by atoms with Crippen molar-refractivity contribution in [1.29, 1.82) is 0 Å². The van der Waals surface area contributed by atoms with E-state index in [2.05, 4.69) is 15.4 Å². The molecule has 0 saturated heterocycles. The van der Waals surface area contributed by atoms with Crippen molar-refractivity contribution in [3.63, 3.8) is 0 Å². The zero-order chi connectivity index (χ0) is 25.8. The van der Waals surface area contributed by atoms with Gasteiger partial charge in [0.2, 0.25) is 0 Å². The van der Waals surface area contributed by atoms with E-state index in [0.717, 1.165) is 16.7 Å². The number of aliphatic hydroxyl groups excluding tert-OH is 2. The monoisotopic (exact) mass is 498 g/mol. The number of ether oxygens (including phenoxy) is 1. The molecule has 188 valence electrons. The van der Waals surface area contributed by atoms with Crippen LogP contribution in [0, 0.1) is 6.08 Å². The molecule has 0 radical (unpaired) electrons. The number of methoxy groups -OCH3 is 1. The number of aromatic nitrogens is 3. The fourth-order valence-electron chi connectivity index (χ4n) is 4.69. The predicted octanol–water partition coefficient (Wildman–Crippen LogP) is 4.18. The Labute approximate surface area is 213 Å². The molecule has 0 aliphatic rings. The van der Waals surface area contributed by atoms with Crippen molar-refractivity contribution in [2.24, 2.45) is 0 Å². The zero-order valence-corrected chi connectivity index (χ0v) is 20.3. The van der Waals surface area contributed by atoms with E-state index in [1.54, 1.807) is 19.2 Å². The minimum absolute atomic E-state index is 0.113. The van der Waals surface area contributed by atoms with Crippen LogP contribution in [0.5, 0.6) is 5.75 Å². The van der Waals surface area contributed by atoms with Crippen LogP contribution >= 0.6 is 0 Å². The molecule has 5 aromatic rings. The van der Waals surface area contributed by atoms with Gasteiger partial charge in [-0.05, 0) is 41.0 Å². The van der Waals surface area contributed by atoms with Gasteiger partial charge in [0.25, 0.3) is 0 Å². The summed E-state index contributed by atoms with van der Waals surface area (Å²) in [5, 5.41) is 26.8. The van der Waals surface area contributed by atoms with Crippen molar-refractivity contribution < 1.29 is 19.3 Å². The van der Waals surface area contributed by atoms with E-state index in [1.807, 2.05) is 84.9 Å². The lowest BCUT2D eigenvalue weighted by molar-refractivity contribution is 0.0943. The summed E-state index contributed by atoms with van der Waals surface area (Å²) in [5.74, 6) is 0.994. The number of benzene rings is 3. The summed E-state index contributed by atoms with van der Waals surface area (Å²) in [4.78, 5) is 4.16. The molecule has 0 aliphatic heterocycles. The number of anilines is 1. The van der Waals surface area contributed by atoms with E-state index >= 15 is 0 Å². The Morgan fingerprint density at radius 3 is 2.05 bits per heavy atom. The van der Waals surface area contributed by atoms with Gasteiger partial charge >= 0.3 is 6.08 Å². The molecule has 0 aliphatic carbocycles. The highest BCUT2D eigenvalue weighted by atomic mass is 19.1. The van der Waals surface area contributed by atoms with Crippen molar-refractivity contribution in [2.75, 3.05) is 19.0 Å². The van der Waals surface area contributed by atoms with Gasteiger partial charge < -0.3 is 20.3 Å². The average molecular weight is 499 g/mol. The van der Waals surface area contributed by atoms with Gasteiger partial charge in [0.05, 0.1) is 19.8 Å². The summed E-state index contributed by atoms with van der Waals surface area (Å²) >= 11 is 0. The first-order valence-electron chi connectivity index (χ1n) is 11.9. The summed E-state index contributed by atoms with van der Waals surface area (Å²) in [6.07, 6.45) is -1.79. The van der Waals surface area contributed by atoms with Crippen LogP contribution in [0.4, 0.5) is 10.2 Å². The molecule has 8 heteroatoms. The van der Waals surface area contributed by atoms with Gasteiger partial charge in [-0.1, -0.05) is 72.8 Å². The van der Waals surface area contributed by atoms with E-state index < -0.39 is 24.3 Å². The maximum absolute atomic E-state index is 14.8. The van der Waals surface area contributed by atoms with Gasteiger partial charge in [-0.15, -0.1) is 5.10 Å². The first-order valence-corrected chi connectivity index (χ1v) is 11.9. The molecule has 0 bridgehead atoms. The maximum Gasteiger partial charge on any atom is 0.327 e. The molecule has 1 atom stereocenters. The Morgan fingerprint density at radius 2 is 1.49 bits per heavy atom. The summed E-state index contributed by atoms with van der Waals surface area (Å²) in [5.41, 5.74) is 2.87. The Balaban J connectivity index is 1.75. The largest absolute Gasteiger partial charge is 0.497 e. The summed E-state index contributed by atoms with van der Waals surface area (Å²) in [6, 6.07) is 31.0. The second-order valence-electron chi connectivity index (χ2n) is 8.73. The van der Waals surface area contributed by atoms with Crippen molar-refractivity contribution in [3.05, 3.63) is 126 Å². The third kappa shape index (κ3) is 4.64. The number of hydrogen-bond donors (Lipinski definition) is 3.